The van der Waals surface area contributed by atoms with Crippen LogP contribution in [0.3, 0.4) is 0 Å². The fourth-order valence-corrected chi connectivity index (χ4v) is 2.30. The van der Waals surface area contributed by atoms with E-state index in [1.807, 2.05) is 30.3 Å². The van der Waals surface area contributed by atoms with Crippen LogP contribution in [-0.2, 0) is 6.61 Å². The zero-order valence-electron chi connectivity index (χ0n) is 11.0. The van der Waals surface area contributed by atoms with Gasteiger partial charge in [-0.05, 0) is 18.2 Å². The number of benzene rings is 2. The van der Waals surface area contributed by atoms with Gasteiger partial charge in [-0.1, -0.05) is 41.9 Å². The van der Waals surface area contributed by atoms with Crippen LogP contribution < -0.4 is 0 Å². The quantitative estimate of drug-likeness (QED) is 0.798. The first-order valence-electron chi connectivity index (χ1n) is 6.39. The van der Waals surface area contributed by atoms with Crippen molar-refractivity contribution in [1.29, 1.82) is 0 Å². The second kappa shape index (κ2) is 5.68. The first kappa shape index (κ1) is 13.8. The molecule has 0 spiro atoms. The molecule has 0 aliphatic heterocycles. The number of aliphatic hydroxyl groups is 1. The Morgan fingerprint density at radius 3 is 2.57 bits per heavy atom. The van der Waals surface area contributed by atoms with E-state index in [1.165, 1.54) is 12.1 Å². The van der Waals surface area contributed by atoms with E-state index in [-0.39, 0.29) is 11.6 Å². The lowest BCUT2D eigenvalue weighted by atomic mass is 10.1. The average molecular weight is 303 g/mol. The number of nitrogens with zero attached hydrogens (tertiary/aromatic N) is 2. The summed E-state index contributed by atoms with van der Waals surface area (Å²) in [6.45, 7) is -0.126. The van der Waals surface area contributed by atoms with Crippen molar-refractivity contribution in [3.05, 3.63) is 71.1 Å². The second-order valence-electron chi connectivity index (χ2n) is 4.57. The Morgan fingerprint density at radius 2 is 1.90 bits per heavy atom. The zero-order chi connectivity index (χ0) is 14.8. The molecule has 1 heterocycles. The molecule has 1 aromatic heterocycles. The van der Waals surface area contributed by atoms with E-state index in [0.29, 0.717) is 16.9 Å². The molecule has 0 aliphatic carbocycles. The van der Waals surface area contributed by atoms with Gasteiger partial charge in [0.15, 0.2) is 0 Å². The molecule has 0 saturated carbocycles. The number of aliphatic hydroxyl groups excluding tert-OH is 1. The van der Waals surface area contributed by atoms with Crippen LogP contribution in [-0.4, -0.2) is 14.9 Å². The largest absolute Gasteiger partial charge is 0.392 e. The molecule has 5 heteroatoms. The number of rotatable bonds is 3. The third-order valence-electron chi connectivity index (χ3n) is 3.18. The maximum absolute atomic E-state index is 13.2. The van der Waals surface area contributed by atoms with Crippen molar-refractivity contribution in [2.24, 2.45) is 0 Å². The number of hydrogen-bond donors (Lipinski definition) is 1. The molecule has 3 nitrogen and oxygen atoms in total. The summed E-state index contributed by atoms with van der Waals surface area (Å²) in [5.74, 6) is -0.474. The zero-order valence-corrected chi connectivity index (χ0v) is 11.8. The predicted octanol–water partition coefficient (Wildman–Crippen LogP) is 3.82. The van der Waals surface area contributed by atoms with E-state index < -0.39 is 5.82 Å². The molecular formula is C16H12ClFN2O. The molecule has 3 aromatic rings. The molecule has 0 fully saturated rings. The van der Waals surface area contributed by atoms with Crippen LogP contribution in [0, 0.1) is 5.82 Å². The highest BCUT2D eigenvalue weighted by Crippen LogP contribution is 2.25. The van der Waals surface area contributed by atoms with Gasteiger partial charge in [0.25, 0.3) is 0 Å². The minimum absolute atomic E-state index is 0.0369. The minimum Gasteiger partial charge on any atom is -0.392 e. The highest BCUT2D eigenvalue weighted by molar-refractivity contribution is 6.30. The van der Waals surface area contributed by atoms with Gasteiger partial charge < -0.3 is 5.11 Å². The summed E-state index contributed by atoms with van der Waals surface area (Å²) >= 11 is 5.80. The Kier molecular flexibility index (Phi) is 3.73. The monoisotopic (exact) mass is 302 g/mol. The van der Waals surface area contributed by atoms with E-state index in [0.717, 1.165) is 5.56 Å². The molecule has 0 radical (unpaired) electrons. The maximum Gasteiger partial charge on any atom is 0.141 e. The van der Waals surface area contributed by atoms with E-state index in [1.54, 1.807) is 16.9 Å². The van der Waals surface area contributed by atoms with Crippen LogP contribution in [0.15, 0.2) is 54.7 Å². The molecule has 0 unspecified atom stereocenters. The summed E-state index contributed by atoms with van der Waals surface area (Å²) in [5.41, 5.74) is 2.94. The average Bonchev–Trinajstić information content (AvgIpc) is 2.95. The van der Waals surface area contributed by atoms with Gasteiger partial charge in [-0.15, -0.1) is 0 Å². The Bertz CT molecular complexity index is 771. The van der Waals surface area contributed by atoms with E-state index in [2.05, 4.69) is 5.10 Å². The number of hydrogen-bond acceptors (Lipinski definition) is 2. The van der Waals surface area contributed by atoms with Gasteiger partial charge in [-0.2, -0.15) is 5.10 Å². The van der Waals surface area contributed by atoms with Crippen LogP contribution in [0.4, 0.5) is 4.39 Å². The van der Waals surface area contributed by atoms with Crippen molar-refractivity contribution in [2.75, 3.05) is 0 Å². The smallest absolute Gasteiger partial charge is 0.141 e. The molecule has 0 atom stereocenters. The SMILES string of the molecule is OCc1cn(-c2ccc(F)c(Cl)c2)nc1-c1ccccc1. The lowest BCUT2D eigenvalue weighted by Crippen LogP contribution is -1.95. The second-order valence-corrected chi connectivity index (χ2v) is 4.98. The van der Waals surface area contributed by atoms with Crippen molar-refractivity contribution in [2.45, 2.75) is 6.61 Å². The van der Waals surface area contributed by atoms with E-state index >= 15 is 0 Å². The van der Waals surface area contributed by atoms with Crippen LogP contribution in [0.1, 0.15) is 5.56 Å². The molecule has 1 N–H and O–H groups in total. The molecule has 106 valence electrons. The molecule has 21 heavy (non-hydrogen) atoms. The molecule has 3 rings (SSSR count). The summed E-state index contributed by atoms with van der Waals surface area (Å²) in [7, 11) is 0. The highest BCUT2D eigenvalue weighted by Gasteiger charge is 2.12. The molecular weight excluding hydrogens is 291 g/mol. The third kappa shape index (κ3) is 2.68. The minimum atomic E-state index is -0.474. The number of halogens is 2. The maximum atomic E-state index is 13.2. The summed E-state index contributed by atoms with van der Waals surface area (Å²) in [6.07, 6.45) is 1.71. The molecule has 0 saturated heterocycles. The standard InChI is InChI=1S/C16H12ClFN2O/c17-14-8-13(6-7-15(14)18)20-9-12(10-21)16(19-20)11-4-2-1-3-5-11/h1-9,21H,10H2. The van der Waals surface area contributed by atoms with E-state index in [4.69, 9.17) is 11.6 Å². The van der Waals surface area contributed by atoms with Gasteiger partial charge in [0.1, 0.15) is 5.82 Å². The predicted molar refractivity (Wildman–Crippen MR) is 79.9 cm³/mol. The Morgan fingerprint density at radius 1 is 1.14 bits per heavy atom. The van der Waals surface area contributed by atoms with Crippen molar-refractivity contribution in [3.63, 3.8) is 0 Å². The summed E-state index contributed by atoms with van der Waals surface area (Å²) in [5, 5.41) is 14.0. The first-order chi connectivity index (χ1) is 10.2. The summed E-state index contributed by atoms with van der Waals surface area (Å²) in [6, 6.07) is 13.9. The third-order valence-corrected chi connectivity index (χ3v) is 3.46. The van der Waals surface area contributed by atoms with Gasteiger partial charge in [0, 0.05) is 17.3 Å². The molecule has 2 aromatic carbocycles. The topological polar surface area (TPSA) is 38.0 Å². The Balaban J connectivity index is 2.09. The van der Waals surface area contributed by atoms with Gasteiger partial charge in [0.2, 0.25) is 0 Å². The first-order valence-corrected chi connectivity index (χ1v) is 6.77. The molecule has 0 bridgehead atoms. The molecule has 0 aliphatic rings. The van der Waals surface area contributed by atoms with E-state index in [9.17, 15) is 9.50 Å². The van der Waals surface area contributed by atoms with Crippen molar-refractivity contribution >= 4 is 11.6 Å². The van der Waals surface area contributed by atoms with Crippen LogP contribution in [0.25, 0.3) is 16.9 Å². The van der Waals surface area contributed by atoms with Crippen LogP contribution in [0.5, 0.6) is 0 Å². The fourth-order valence-electron chi connectivity index (χ4n) is 2.12. The van der Waals surface area contributed by atoms with Crippen LogP contribution in [0.2, 0.25) is 5.02 Å². The molecule has 0 amide bonds. The lowest BCUT2D eigenvalue weighted by molar-refractivity contribution is 0.282. The summed E-state index contributed by atoms with van der Waals surface area (Å²) < 4.78 is 14.8. The summed E-state index contributed by atoms with van der Waals surface area (Å²) in [4.78, 5) is 0. The number of aromatic nitrogens is 2. The van der Waals surface area contributed by atoms with Crippen molar-refractivity contribution < 1.29 is 9.50 Å². The van der Waals surface area contributed by atoms with Crippen LogP contribution >= 0.6 is 11.6 Å². The van der Waals surface area contributed by atoms with Crippen molar-refractivity contribution in [1.82, 2.24) is 9.78 Å². The Labute approximate surface area is 126 Å². The van der Waals surface area contributed by atoms with Gasteiger partial charge >= 0.3 is 0 Å². The van der Waals surface area contributed by atoms with Gasteiger partial charge in [-0.3, -0.25) is 0 Å². The lowest BCUT2D eigenvalue weighted by Gasteiger charge is -2.02. The normalized spacial score (nSPS) is 10.8. The van der Waals surface area contributed by atoms with Gasteiger partial charge in [0.05, 0.1) is 23.0 Å². The van der Waals surface area contributed by atoms with Crippen molar-refractivity contribution in [3.8, 4) is 16.9 Å². The Hall–Kier alpha value is -2.17. The highest BCUT2D eigenvalue weighted by atomic mass is 35.5. The van der Waals surface area contributed by atoms with Gasteiger partial charge in [-0.25, -0.2) is 9.07 Å². The fraction of sp³-hybridized carbons (Fsp3) is 0.0625.